The molecule has 0 aliphatic heterocycles. The van der Waals surface area contributed by atoms with E-state index in [1.807, 2.05) is 44.2 Å². The SMILES string of the molecule is Cc1cc(C(C)(C)C)cc(C)c1C(=O)P(=O)(CCC(C)C)c1ccccc1. The van der Waals surface area contributed by atoms with Gasteiger partial charge in [-0.05, 0) is 48.3 Å². The maximum absolute atomic E-state index is 14.1. The summed E-state index contributed by atoms with van der Waals surface area (Å²) < 4.78 is 14.1. The summed E-state index contributed by atoms with van der Waals surface area (Å²) in [5.41, 5.74) is 3.50. The van der Waals surface area contributed by atoms with Crippen LogP contribution in [0.1, 0.15) is 68.1 Å². The molecule has 1 atom stereocenters. The molecule has 0 fully saturated rings. The first-order chi connectivity index (χ1) is 12.5. The number of hydrogen-bond acceptors (Lipinski definition) is 2. The minimum Gasteiger partial charge on any atom is -0.310 e. The highest BCUT2D eigenvalue weighted by Gasteiger charge is 2.36. The van der Waals surface area contributed by atoms with E-state index in [-0.39, 0.29) is 10.9 Å². The fourth-order valence-electron chi connectivity index (χ4n) is 3.37. The summed E-state index contributed by atoms with van der Waals surface area (Å²) in [5, 5.41) is 0.675. The largest absolute Gasteiger partial charge is 0.310 e. The van der Waals surface area contributed by atoms with Gasteiger partial charge in [-0.15, -0.1) is 0 Å². The molecule has 0 aromatic heterocycles. The highest BCUT2D eigenvalue weighted by molar-refractivity contribution is 7.87. The lowest BCUT2D eigenvalue weighted by Gasteiger charge is -2.24. The van der Waals surface area contributed by atoms with Crippen molar-refractivity contribution in [1.82, 2.24) is 0 Å². The van der Waals surface area contributed by atoms with Crippen LogP contribution in [0.25, 0.3) is 0 Å². The molecular formula is C24H33O2P. The third kappa shape index (κ3) is 4.79. The molecular weight excluding hydrogens is 351 g/mol. The number of rotatable bonds is 6. The highest BCUT2D eigenvalue weighted by atomic mass is 31.2. The summed E-state index contributed by atoms with van der Waals surface area (Å²) in [5.74, 6) is 0.403. The normalized spacial score (nSPS) is 14.2. The number of hydrogen-bond donors (Lipinski definition) is 0. The fraction of sp³-hybridized carbons (Fsp3) is 0.458. The predicted molar refractivity (Wildman–Crippen MR) is 117 cm³/mol. The van der Waals surface area contributed by atoms with Crippen LogP contribution in [0.2, 0.25) is 0 Å². The molecule has 0 amide bonds. The summed E-state index contributed by atoms with van der Waals surface area (Å²) in [6, 6.07) is 13.5. The Kier molecular flexibility index (Phi) is 6.53. The number of carbonyl (C=O) groups is 1. The molecule has 3 heteroatoms. The molecule has 2 rings (SSSR count). The van der Waals surface area contributed by atoms with Gasteiger partial charge in [-0.3, -0.25) is 4.79 Å². The summed E-state index contributed by atoms with van der Waals surface area (Å²) in [6.45, 7) is 14.6. The van der Waals surface area contributed by atoms with Gasteiger partial charge in [0.1, 0.15) is 0 Å². The molecule has 2 aromatic rings. The monoisotopic (exact) mass is 384 g/mol. The fourth-order valence-corrected chi connectivity index (χ4v) is 6.31. The van der Waals surface area contributed by atoms with Gasteiger partial charge in [0.2, 0.25) is 5.52 Å². The molecule has 0 heterocycles. The van der Waals surface area contributed by atoms with Crippen molar-refractivity contribution in [2.24, 2.45) is 5.92 Å². The van der Waals surface area contributed by atoms with Crippen molar-refractivity contribution in [2.75, 3.05) is 6.16 Å². The van der Waals surface area contributed by atoms with Gasteiger partial charge in [0.05, 0.1) is 0 Å². The zero-order chi connectivity index (χ0) is 20.4. The summed E-state index contributed by atoms with van der Waals surface area (Å²) in [6.07, 6.45) is 1.20. The molecule has 0 saturated heterocycles. The Bertz CT molecular complexity index is 835. The lowest BCUT2D eigenvalue weighted by atomic mass is 9.84. The van der Waals surface area contributed by atoms with Crippen LogP contribution in [0, 0.1) is 19.8 Å². The Morgan fingerprint density at radius 3 is 1.96 bits per heavy atom. The number of carbonyl (C=O) groups excluding carboxylic acids is 1. The molecule has 0 saturated carbocycles. The number of aryl methyl sites for hydroxylation is 2. The smallest absolute Gasteiger partial charge is 0.226 e. The average Bonchev–Trinajstić information content (AvgIpc) is 2.58. The zero-order valence-corrected chi connectivity index (χ0v) is 18.7. The van der Waals surface area contributed by atoms with Gasteiger partial charge in [-0.25, -0.2) is 0 Å². The van der Waals surface area contributed by atoms with Crippen molar-refractivity contribution < 1.29 is 9.36 Å². The summed E-state index contributed by atoms with van der Waals surface area (Å²) >= 11 is 0. The molecule has 2 nitrogen and oxygen atoms in total. The minimum absolute atomic E-state index is 0.0118. The molecule has 2 aromatic carbocycles. The Labute approximate surface area is 164 Å². The molecule has 0 N–H and O–H groups in total. The molecule has 0 radical (unpaired) electrons. The van der Waals surface area contributed by atoms with Crippen LogP contribution >= 0.6 is 7.14 Å². The molecule has 27 heavy (non-hydrogen) atoms. The lowest BCUT2D eigenvalue weighted by Crippen LogP contribution is -2.19. The van der Waals surface area contributed by atoms with Gasteiger partial charge in [0.15, 0.2) is 7.14 Å². The van der Waals surface area contributed by atoms with Crippen LogP contribution in [0.5, 0.6) is 0 Å². The summed E-state index contributed by atoms with van der Waals surface area (Å²) in [4.78, 5) is 13.6. The third-order valence-corrected chi connectivity index (χ3v) is 8.04. The molecule has 0 spiro atoms. The van der Waals surface area contributed by atoms with Gasteiger partial charge < -0.3 is 4.57 Å². The standard InChI is InChI=1S/C24H33O2P/c1-17(2)13-14-27(26,21-11-9-8-10-12-21)23(25)22-18(3)15-20(16-19(22)4)24(5,6)7/h8-12,15-17H,13-14H2,1-7H3. The van der Waals surface area contributed by atoms with Crippen LogP contribution in [0.15, 0.2) is 42.5 Å². The second-order valence-corrected chi connectivity index (χ2v) is 11.9. The van der Waals surface area contributed by atoms with Gasteiger partial charge >= 0.3 is 0 Å². The Morgan fingerprint density at radius 2 is 1.52 bits per heavy atom. The van der Waals surface area contributed by atoms with E-state index in [2.05, 4.69) is 46.8 Å². The Hall–Kier alpha value is -1.66. The van der Waals surface area contributed by atoms with Gasteiger partial charge in [-0.2, -0.15) is 0 Å². The summed E-state index contributed by atoms with van der Waals surface area (Å²) in [7, 11) is -3.19. The van der Waals surface area contributed by atoms with Crippen LogP contribution in [-0.2, 0) is 9.98 Å². The Morgan fingerprint density at radius 1 is 1.00 bits per heavy atom. The van der Waals surface area contributed by atoms with Crippen molar-refractivity contribution in [3.05, 3.63) is 64.7 Å². The van der Waals surface area contributed by atoms with E-state index in [1.165, 1.54) is 5.56 Å². The average molecular weight is 385 g/mol. The predicted octanol–water partition coefficient (Wildman–Crippen LogP) is 6.48. The van der Waals surface area contributed by atoms with E-state index in [0.29, 0.717) is 22.9 Å². The zero-order valence-electron chi connectivity index (χ0n) is 17.8. The van der Waals surface area contributed by atoms with Crippen molar-refractivity contribution in [3.63, 3.8) is 0 Å². The van der Waals surface area contributed by atoms with E-state index in [9.17, 15) is 9.36 Å². The quantitative estimate of drug-likeness (QED) is 0.534. The maximum Gasteiger partial charge on any atom is 0.226 e. The Balaban J connectivity index is 2.58. The van der Waals surface area contributed by atoms with Crippen LogP contribution in [0.4, 0.5) is 0 Å². The topological polar surface area (TPSA) is 34.1 Å². The van der Waals surface area contributed by atoms with E-state index >= 15 is 0 Å². The highest BCUT2D eigenvalue weighted by Crippen LogP contribution is 2.50. The van der Waals surface area contributed by atoms with Crippen molar-refractivity contribution in [2.45, 2.75) is 60.3 Å². The van der Waals surface area contributed by atoms with Crippen molar-refractivity contribution in [1.29, 1.82) is 0 Å². The van der Waals surface area contributed by atoms with E-state index in [4.69, 9.17) is 0 Å². The van der Waals surface area contributed by atoms with Crippen molar-refractivity contribution >= 4 is 18.0 Å². The molecule has 0 aliphatic carbocycles. The van der Waals surface area contributed by atoms with E-state index in [0.717, 1.165) is 17.5 Å². The first kappa shape index (κ1) is 21.6. The molecule has 0 aliphatic rings. The second kappa shape index (κ2) is 8.15. The third-order valence-electron chi connectivity index (χ3n) is 5.14. The van der Waals surface area contributed by atoms with Gasteiger partial charge in [0, 0.05) is 17.0 Å². The van der Waals surface area contributed by atoms with Crippen LogP contribution in [0.3, 0.4) is 0 Å². The number of benzene rings is 2. The van der Waals surface area contributed by atoms with Crippen LogP contribution < -0.4 is 5.30 Å². The van der Waals surface area contributed by atoms with Crippen molar-refractivity contribution in [3.8, 4) is 0 Å². The minimum atomic E-state index is -3.19. The lowest BCUT2D eigenvalue weighted by molar-refractivity contribution is 0.107. The first-order valence-electron chi connectivity index (χ1n) is 9.78. The molecule has 0 bridgehead atoms. The van der Waals surface area contributed by atoms with Crippen LogP contribution in [-0.4, -0.2) is 11.7 Å². The van der Waals surface area contributed by atoms with Gasteiger partial charge in [-0.1, -0.05) is 77.1 Å². The van der Waals surface area contributed by atoms with Gasteiger partial charge in [0.25, 0.3) is 0 Å². The second-order valence-electron chi connectivity index (χ2n) is 9.02. The maximum atomic E-state index is 14.1. The van der Waals surface area contributed by atoms with E-state index in [1.54, 1.807) is 0 Å². The first-order valence-corrected chi connectivity index (χ1v) is 11.7. The molecule has 146 valence electrons. The molecule has 1 unspecified atom stereocenters. The van der Waals surface area contributed by atoms with E-state index < -0.39 is 7.14 Å².